The Morgan fingerprint density at radius 2 is 2.00 bits per heavy atom. The van der Waals surface area contributed by atoms with E-state index in [0.29, 0.717) is 28.8 Å². The topological polar surface area (TPSA) is 154 Å². The first kappa shape index (κ1) is 27.3. The minimum atomic E-state index is -2.96. The average molecular weight is 539 g/mol. The maximum atomic E-state index is 12.9. The van der Waals surface area contributed by atoms with Crippen LogP contribution < -0.4 is 5.32 Å². The number of hydrogen-bond acceptors (Lipinski definition) is 7. The van der Waals surface area contributed by atoms with Crippen LogP contribution in [0.25, 0.3) is 22.4 Å². The molecule has 0 radical (unpaired) electrons. The summed E-state index contributed by atoms with van der Waals surface area (Å²) in [5, 5.41) is 21.4. The van der Waals surface area contributed by atoms with E-state index in [-0.39, 0.29) is 43.5 Å². The fourth-order valence-corrected chi connectivity index (χ4v) is 5.10. The van der Waals surface area contributed by atoms with Crippen molar-refractivity contribution in [3.8, 4) is 17.4 Å². The van der Waals surface area contributed by atoms with Crippen LogP contribution in [0.4, 0.5) is 0 Å². The Morgan fingerprint density at radius 3 is 2.58 bits per heavy atom. The number of hydrogen-bond donors (Lipinski definition) is 3. The largest absolute Gasteiger partial charge is 0.481 e. The third kappa shape index (κ3) is 6.03. The number of thiol groups is 1. The number of amides is 1. The van der Waals surface area contributed by atoms with E-state index >= 15 is 0 Å². The van der Waals surface area contributed by atoms with Crippen LogP contribution in [-0.4, -0.2) is 48.3 Å². The number of aromatic nitrogens is 1. The number of aliphatic carboxylic acids is 1. The molecule has 1 unspecified atom stereocenters. The second-order valence-electron chi connectivity index (χ2n) is 9.57. The highest BCUT2D eigenvalue weighted by Gasteiger charge is 2.31. The number of carboxylic acid groups (broad SMARTS) is 1. The van der Waals surface area contributed by atoms with Gasteiger partial charge in [-0.3, -0.25) is 9.59 Å². The van der Waals surface area contributed by atoms with Gasteiger partial charge >= 0.3 is 5.97 Å². The average Bonchev–Trinajstić information content (AvgIpc) is 3.67. The van der Waals surface area contributed by atoms with Crippen molar-refractivity contribution in [3.63, 3.8) is 0 Å². The number of carbonyl (C=O) groups excluding carboxylic acids is 1. The molecule has 38 heavy (non-hydrogen) atoms. The maximum absolute atomic E-state index is 12.9. The summed E-state index contributed by atoms with van der Waals surface area (Å²) >= 11 is 0. The molecule has 1 aromatic carbocycles. The Balaban J connectivity index is 1.69. The molecule has 3 aromatic rings. The zero-order chi connectivity index (χ0) is 27.4. The molecule has 4 rings (SSSR count). The lowest BCUT2D eigenvalue weighted by Gasteiger charge is -2.18. The number of benzene rings is 1. The van der Waals surface area contributed by atoms with Crippen LogP contribution in [0.2, 0.25) is 0 Å². The monoisotopic (exact) mass is 538 g/mol. The normalized spacial score (nSPS) is 14.1. The van der Waals surface area contributed by atoms with Crippen LogP contribution in [0.1, 0.15) is 65.2 Å². The number of pyridine rings is 1. The molecule has 1 atom stereocenters. The summed E-state index contributed by atoms with van der Waals surface area (Å²) in [4.78, 5) is 29.0. The third-order valence-corrected chi connectivity index (χ3v) is 7.60. The highest BCUT2D eigenvalue weighted by Crippen LogP contribution is 2.44. The zero-order valence-electron chi connectivity index (χ0n) is 21.3. The molecule has 2 aromatic heterocycles. The first-order chi connectivity index (χ1) is 18.2. The van der Waals surface area contributed by atoms with Crippen LogP contribution in [0.15, 0.2) is 34.7 Å². The fraction of sp³-hybridized carbons (Fsp3) is 0.407. The number of nitrogens with zero attached hydrogens (tertiary/aromatic N) is 3. The molecule has 200 valence electrons. The second-order valence-corrected chi connectivity index (χ2v) is 10.6. The summed E-state index contributed by atoms with van der Waals surface area (Å²) < 4.78 is 31.5. The number of aryl methyl sites for hydroxylation is 1. The van der Waals surface area contributed by atoms with Gasteiger partial charge in [0, 0.05) is 25.6 Å². The van der Waals surface area contributed by atoms with E-state index in [9.17, 15) is 23.1 Å². The van der Waals surface area contributed by atoms with Crippen LogP contribution >= 0.6 is 0 Å². The van der Waals surface area contributed by atoms with Crippen molar-refractivity contribution in [3.05, 3.63) is 52.7 Å². The fourth-order valence-electron chi connectivity index (χ4n) is 4.54. The molecule has 10 nitrogen and oxygen atoms in total. The highest BCUT2D eigenvalue weighted by molar-refractivity contribution is 7.69. The van der Waals surface area contributed by atoms with E-state index in [4.69, 9.17) is 14.7 Å². The molecule has 1 amide bonds. The van der Waals surface area contributed by atoms with E-state index in [1.807, 2.05) is 43.3 Å². The van der Waals surface area contributed by atoms with E-state index in [1.165, 1.54) is 4.31 Å². The van der Waals surface area contributed by atoms with E-state index in [2.05, 4.69) is 5.32 Å². The number of nitrogens with one attached hydrogen (secondary N) is 1. The summed E-state index contributed by atoms with van der Waals surface area (Å²) in [5.74, 6) is -1.59. The van der Waals surface area contributed by atoms with Gasteiger partial charge < -0.3 is 14.8 Å². The lowest BCUT2D eigenvalue weighted by molar-refractivity contribution is -0.141. The number of nitriles is 1. The lowest BCUT2D eigenvalue weighted by atomic mass is 10.0. The molecule has 1 fully saturated rings. The molecule has 0 aliphatic heterocycles. The second kappa shape index (κ2) is 11.8. The number of carboxylic acids is 1. The number of rotatable bonds is 12. The highest BCUT2D eigenvalue weighted by atomic mass is 32.2. The first-order valence-corrected chi connectivity index (χ1v) is 13.6. The van der Waals surface area contributed by atoms with Crippen molar-refractivity contribution < 1.29 is 27.5 Å². The summed E-state index contributed by atoms with van der Waals surface area (Å²) in [6, 6.07) is 11.4. The zero-order valence-corrected chi connectivity index (χ0v) is 22.2. The first-order valence-electron chi connectivity index (χ1n) is 12.5. The molecule has 11 heteroatoms. The van der Waals surface area contributed by atoms with Gasteiger partial charge in [0.1, 0.15) is 5.76 Å². The minimum absolute atomic E-state index is 0.00629. The molecule has 1 aliphatic carbocycles. The lowest BCUT2D eigenvalue weighted by Crippen LogP contribution is -2.25. The van der Waals surface area contributed by atoms with Crippen LogP contribution in [0.5, 0.6) is 0 Å². The van der Waals surface area contributed by atoms with Gasteiger partial charge in [0.25, 0.3) is 5.91 Å². The Kier molecular flexibility index (Phi) is 8.44. The molecule has 2 heterocycles. The van der Waals surface area contributed by atoms with Crippen LogP contribution in [-0.2, 0) is 22.2 Å². The summed E-state index contributed by atoms with van der Waals surface area (Å²) in [7, 11) is -1.41. The molecular formula is C27H30N4O6S. The molecule has 1 saturated carbocycles. The number of fused-ring (bicyclic) bond motifs is 1. The summed E-state index contributed by atoms with van der Waals surface area (Å²) in [6.45, 7) is 2.08. The van der Waals surface area contributed by atoms with Crippen LogP contribution in [0.3, 0.4) is 0 Å². The van der Waals surface area contributed by atoms with Gasteiger partial charge in [-0.2, -0.15) is 9.57 Å². The molecule has 1 aliphatic rings. The molecule has 0 bridgehead atoms. The molecule has 0 spiro atoms. The van der Waals surface area contributed by atoms with Gasteiger partial charge in [-0.15, -0.1) is 0 Å². The van der Waals surface area contributed by atoms with Gasteiger partial charge in [0.2, 0.25) is 16.6 Å². The Bertz CT molecular complexity index is 1460. The predicted octanol–water partition coefficient (Wildman–Crippen LogP) is 3.76. The smallest absolute Gasteiger partial charge is 0.307 e. The van der Waals surface area contributed by atoms with Crippen molar-refractivity contribution >= 4 is 33.9 Å². The van der Waals surface area contributed by atoms with Gasteiger partial charge in [0.05, 0.1) is 35.2 Å². The minimum Gasteiger partial charge on any atom is -0.481 e. The summed E-state index contributed by atoms with van der Waals surface area (Å²) in [6.07, 6.45) is 2.24. The SMILES string of the molecule is CNC(=O)c1c(-c2ccc(C)cc2)oc2nc(CN(CCCC(CC#N)C(=O)O)[SH](=O)=O)c(C3CC3)cc12. The quantitative estimate of drug-likeness (QED) is 0.295. The van der Waals surface area contributed by atoms with Gasteiger partial charge in [-0.25, -0.2) is 13.4 Å². The Morgan fingerprint density at radius 1 is 1.29 bits per heavy atom. The molecule has 0 saturated heterocycles. The Hall–Kier alpha value is -3.75. The standard InChI is InChI=1S/C27H30N4O6S/c1-16-5-7-18(8-6-16)24-23(25(32)29-2)21-14-20(17-9-10-17)22(30-26(21)37-24)15-31(38(35)36)13-3-4-19(11-12-28)27(33)34/h5-8,14,17,19,38H,3-4,9-11,13,15H2,1-2H3,(H,29,32)(H,33,34). The third-order valence-electron chi connectivity index (χ3n) is 6.80. The summed E-state index contributed by atoms with van der Waals surface area (Å²) in [5.41, 5.74) is 3.87. The van der Waals surface area contributed by atoms with E-state index < -0.39 is 22.8 Å². The van der Waals surface area contributed by atoms with Crippen molar-refractivity contribution in [1.29, 1.82) is 5.26 Å². The van der Waals surface area contributed by atoms with Crippen molar-refractivity contribution in [2.24, 2.45) is 5.92 Å². The predicted molar refractivity (Wildman–Crippen MR) is 141 cm³/mol. The Labute approximate surface area is 222 Å². The number of carbonyl (C=O) groups is 2. The van der Waals surface area contributed by atoms with Crippen molar-refractivity contribution in [2.75, 3.05) is 13.6 Å². The molecular weight excluding hydrogens is 508 g/mol. The number of furan rings is 1. The van der Waals surface area contributed by atoms with Gasteiger partial charge in [0.15, 0.2) is 0 Å². The van der Waals surface area contributed by atoms with E-state index in [1.54, 1.807) is 7.05 Å². The maximum Gasteiger partial charge on any atom is 0.307 e. The van der Waals surface area contributed by atoms with Crippen LogP contribution in [0, 0.1) is 24.2 Å². The van der Waals surface area contributed by atoms with E-state index in [0.717, 1.165) is 29.5 Å². The molecule has 2 N–H and O–H groups in total. The van der Waals surface area contributed by atoms with Gasteiger partial charge in [-0.1, -0.05) is 29.8 Å². The van der Waals surface area contributed by atoms with Crippen molar-refractivity contribution in [2.45, 2.75) is 51.5 Å². The van der Waals surface area contributed by atoms with Crippen molar-refractivity contribution in [1.82, 2.24) is 14.6 Å². The van der Waals surface area contributed by atoms with Gasteiger partial charge in [-0.05, 0) is 50.2 Å².